The van der Waals surface area contributed by atoms with Crippen molar-refractivity contribution in [3.63, 3.8) is 0 Å². The quantitative estimate of drug-likeness (QED) is 0.778. The van der Waals surface area contributed by atoms with E-state index in [0.29, 0.717) is 34.9 Å². The lowest BCUT2D eigenvalue weighted by Gasteiger charge is -2.29. The van der Waals surface area contributed by atoms with E-state index < -0.39 is 5.92 Å². The van der Waals surface area contributed by atoms with E-state index in [9.17, 15) is 15.0 Å². The van der Waals surface area contributed by atoms with Gasteiger partial charge >= 0.3 is 0 Å². The van der Waals surface area contributed by atoms with Gasteiger partial charge in [-0.3, -0.25) is 4.79 Å². The molecule has 0 radical (unpaired) electrons. The lowest BCUT2D eigenvalue weighted by molar-refractivity contribution is -0.116. The number of phenolic OH excluding ortho intramolecular Hbond substituents is 2. The molecule has 0 saturated carbocycles. The van der Waals surface area contributed by atoms with Crippen LogP contribution in [-0.4, -0.2) is 16.0 Å². The number of hydrogen-bond donors (Lipinski definition) is 2. The zero-order valence-electron chi connectivity index (χ0n) is 13.8. The van der Waals surface area contributed by atoms with E-state index in [2.05, 4.69) is 15.2 Å². The van der Waals surface area contributed by atoms with Crippen LogP contribution in [0.25, 0.3) is 6.20 Å². The third kappa shape index (κ3) is 1.92. The zero-order chi connectivity index (χ0) is 17.8. The summed E-state index contributed by atoms with van der Waals surface area (Å²) in [5, 5.41) is 30.0. The molecular weight excluding hydrogens is 330 g/mol. The Morgan fingerprint density at radius 3 is 2.65 bits per heavy atom. The minimum atomic E-state index is -0.461. The van der Waals surface area contributed by atoms with E-state index in [-0.39, 0.29) is 28.3 Å². The SMILES string of the molecule is O=C1CCCC2=C1C(c1ccccc1)c1c(O)c3c(c(O)c1=N2)N=NC=3. The number of ketones is 1. The Morgan fingerprint density at radius 2 is 1.85 bits per heavy atom. The number of allylic oxidation sites excluding steroid dienone is 2. The van der Waals surface area contributed by atoms with Gasteiger partial charge in [0, 0.05) is 29.2 Å². The number of azo groups is 1. The third-order valence-electron chi connectivity index (χ3n) is 5.20. The molecule has 0 amide bonds. The molecule has 26 heavy (non-hydrogen) atoms. The molecule has 6 heteroatoms. The maximum atomic E-state index is 12.7. The standard InChI is InChI=1S/C20H15N3O3/c24-13-8-4-7-12-15(13)14(10-5-2-1-3-6-10)16-18(22-12)20(26)17-11(19(16)25)9-21-23-17/h1-3,5-6,9,14,25-26H,4,7-8H2. The van der Waals surface area contributed by atoms with Gasteiger partial charge in [0.25, 0.3) is 0 Å². The molecule has 2 aromatic carbocycles. The average Bonchev–Trinajstić information content (AvgIpc) is 3.16. The Kier molecular flexibility index (Phi) is 3.09. The number of carbonyl (C=O) groups is 1. The Balaban J connectivity index is 1.92. The first-order valence-corrected chi connectivity index (χ1v) is 8.55. The number of benzene rings is 2. The molecule has 3 aliphatic rings. The second-order valence-electron chi connectivity index (χ2n) is 6.66. The molecule has 0 fully saturated rings. The summed E-state index contributed by atoms with van der Waals surface area (Å²) in [7, 11) is 0. The van der Waals surface area contributed by atoms with Gasteiger partial charge in [-0.25, -0.2) is 4.99 Å². The largest absolute Gasteiger partial charge is 0.507 e. The minimum absolute atomic E-state index is 0.0275. The summed E-state index contributed by atoms with van der Waals surface area (Å²) >= 11 is 0. The molecule has 0 aromatic heterocycles. The van der Waals surface area contributed by atoms with Crippen molar-refractivity contribution >= 4 is 17.7 Å². The van der Waals surface area contributed by atoms with Gasteiger partial charge in [0.05, 0.1) is 11.4 Å². The monoisotopic (exact) mass is 345 g/mol. The van der Waals surface area contributed by atoms with E-state index in [0.717, 1.165) is 12.0 Å². The van der Waals surface area contributed by atoms with Gasteiger partial charge in [-0.1, -0.05) is 30.3 Å². The summed E-state index contributed by atoms with van der Waals surface area (Å²) < 4.78 is 0. The van der Waals surface area contributed by atoms with Crippen LogP contribution in [0.1, 0.15) is 36.3 Å². The number of hydrogen-bond acceptors (Lipinski definition) is 6. The Morgan fingerprint density at radius 1 is 1.04 bits per heavy atom. The Hall–Kier alpha value is -3.28. The van der Waals surface area contributed by atoms with Crippen molar-refractivity contribution in [2.45, 2.75) is 25.2 Å². The fourth-order valence-corrected chi connectivity index (χ4v) is 4.04. The van der Waals surface area contributed by atoms with Gasteiger partial charge in [0.1, 0.15) is 16.8 Å². The molecule has 1 aliphatic carbocycles. The highest BCUT2D eigenvalue weighted by Crippen LogP contribution is 2.44. The van der Waals surface area contributed by atoms with E-state index in [1.807, 2.05) is 30.3 Å². The number of phenols is 2. The van der Waals surface area contributed by atoms with Crippen LogP contribution in [0, 0.1) is 0 Å². The van der Waals surface area contributed by atoms with Gasteiger partial charge in [-0.2, -0.15) is 5.11 Å². The Labute approximate surface area is 148 Å². The van der Waals surface area contributed by atoms with Crippen LogP contribution in [-0.2, 0) is 4.79 Å². The van der Waals surface area contributed by atoms with Crippen LogP contribution in [0.3, 0.4) is 0 Å². The number of carbonyl (C=O) groups excluding carboxylic acids is 1. The van der Waals surface area contributed by atoms with Crippen molar-refractivity contribution in [1.29, 1.82) is 0 Å². The van der Waals surface area contributed by atoms with Crippen LogP contribution in [0.5, 0.6) is 11.5 Å². The van der Waals surface area contributed by atoms with Gasteiger partial charge in [0.2, 0.25) is 0 Å². The van der Waals surface area contributed by atoms with Gasteiger partial charge in [0.15, 0.2) is 11.5 Å². The molecule has 0 saturated heterocycles. The molecule has 1 unspecified atom stereocenters. The molecule has 2 N–H and O–H groups in total. The molecule has 6 nitrogen and oxygen atoms in total. The van der Waals surface area contributed by atoms with Crippen molar-refractivity contribution in [2.24, 2.45) is 15.2 Å². The van der Waals surface area contributed by atoms with Crippen molar-refractivity contribution in [3.8, 4) is 11.5 Å². The highest BCUT2D eigenvalue weighted by atomic mass is 16.3. The Bertz CT molecular complexity index is 1150. The summed E-state index contributed by atoms with van der Waals surface area (Å²) in [4.78, 5) is 17.3. The van der Waals surface area contributed by atoms with Crippen LogP contribution in [0.15, 0.2) is 56.8 Å². The third-order valence-corrected chi connectivity index (χ3v) is 5.20. The number of rotatable bonds is 1. The van der Waals surface area contributed by atoms with Crippen LogP contribution < -0.4 is 10.6 Å². The first-order valence-electron chi connectivity index (χ1n) is 8.55. The van der Waals surface area contributed by atoms with Gasteiger partial charge in [-0.15, -0.1) is 5.11 Å². The smallest absolute Gasteiger partial charge is 0.170 e. The summed E-state index contributed by atoms with van der Waals surface area (Å²) in [6, 6.07) is 9.55. The second-order valence-corrected chi connectivity index (χ2v) is 6.66. The minimum Gasteiger partial charge on any atom is -0.507 e. The predicted octanol–water partition coefficient (Wildman–Crippen LogP) is 2.71. The van der Waals surface area contributed by atoms with Crippen LogP contribution in [0.4, 0.5) is 5.69 Å². The molecular formula is C20H15N3O3. The maximum Gasteiger partial charge on any atom is 0.170 e. The summed E-state index contributed by atoms with van der Waals surface area (Å²) in [6.07, 6.45) is 3.30. The molecule has 2 aliphatic heterocycles. The maximum absolute atomic E-state index is 12.7. The molecule has 2 aromatic rings. The number of aromatic hydroxyl groups is 2. The number of Topliss-reactive ketones (excluding diaryl/α,β-unsaturated/α-hetero) is 1. The van der Waals surface area contributed by atoms with Crippen molar-refractivity contribution in [3.05, 3.63) is 63.3 Å². The fraction of sp³-hybridized carbons (Fsp3) is 0.200. The van der Waals surface area contributed by atoms with Crippen LogP contribution in [0.2, 0.25) is 0 Å². The van der Waals surface area contributed by atoms with E-state index in [1.54, 1.807) is 0 Å². The first-order chi connectivity index (χ1) is 12.7. The average molecular weight is 345 g/mol. The molecule has 1 atom stereocenters. The van der Waals surface area contributed by atoms with Crippen molar-refractivity contribution in [1.82, 2.24) is 0 Å². The number of nitrogens with zero attached hydrogens (tertiary/aromatic N) is 3. The van der Waals surface area contributed by atoms with Crippen LogP contribution >= 0.6 is 0 Å². The summed E-state index contributed by atoms with van der Waals surface area (Å²) in [5.41, 5.74) is 2.87. The molecule has 0 spiro atoms. The lowest BCUT2D eigenvalue weighted by atomic mass is 9.76. The van der Waals surface area contributed by atoms with E-state index in [4.69, 9.17) is 0 Å². The lowest BCUT2D eigenvalue weighted by Crippen LogP contribution is -2.30. The molecule has 0 bridgehead atoms. The first kappa shape index (κ1) is 15.0. The normalized spacial score (nSPS) is 20.2. The molecule has 128 valence electrons. The topological polar surface area (TPSA) is 94.6 Å². The van der Waals surface area contributed by atoms with E-state index >= 15 is 0 Å². The highest BCUT2D eigenvalue weighted by molar-refractivity contribution is 5.99. The molecule has 2 heterocycles. The number of fused-ring (bicyclic) bond motifs is 2. The van der Waals surface area contributed by atoms with Crippen molar-refractivity contribution in [2.75, 3.05) is 0 Å². The second kappa shape index (κ2) is 5.36. The summed E-state index contributed by atoms with van der Waals surface area (Å²) in [5.74, 6) is -0.542. The van der Waals surface area contributed by atoms with Crippen molar-refractivity contribution < 1.29 is 15.0 Å². The van der Waals surface area contributed by atoms with Gasteiger partial charge < -0.3 is 10.2 Å². The fourth-order valence-electron chi connectivity index (χ4n) is 4.04. The molecule has 5 rings (SSSR count). The predicted molar refractivity (Wildman–Crippen MR) is 93.7 cm³/mol. The van der Waals surface area contributed by atoms with Gasteiger partial charge in [-0.05, 0) is 18.4 Å². The summed E-state index contributed by atoms with van der Waals surface area (Å²) in [6.45, 7) is 0. The highest BCUT2D eigenvalue weighted by Gasteiger charge is 2.37. The van der Waals surface area contributed by atoms with E-state index in [1.165, 1.54) is 6.20 Å². The zero-order valence-corrected chi connectivity index (χ0v) is 13.8.